The van der Waals surface area contributed by atoms with E-state index < -0.39 is 0 Å². The van der Waals surface area contributed by atoms with Crippen LogP contribution in [0.5, 0.6) is 0 Å². The molecule has 1 aromatic rings. The van der Waals surface area contributed by atoms with Gasteiger partial charge in [0.2, 0.25) is 5.91 Å². The molecule has 1 amide bonds. The van der Waals surface area contributed by atoms with E-state index >= 15 is 0 Å². The minimum Gasteiger partial charge on any atom is -0.399 e. The quantitative estimate of drug-likeness (QED) is 0.782. The number of nitrogens with one attached hydrogen (secondary N) is 1. The maximum absolute atomic E-state index is 11.9. The van der Waals surface area contributed by atoms with E-state index in [4.69, 9.17) is 10.5 Å². The van der Waals surface area contributed by atoms with Crippen molar-refractivity contribution in [2.75, 3.05) is 37.4 Å². The minimum atomic E-state index is -0.0191. The highest BCUT2D eigenvalue weighted by molar-refractivity contribution is 5.92. The molecule has 0 bridgehead atoms. The molecule has 0 radical (unpaired) electrons. The third kappa shape index (κ3) is 3.45. The molecule has 1 aliphatic heterocycles. The van der Waals surface area contributed by atoms with Crippen LogP contribution in [0.3, 0.4) is 0 Å². The lowest BCUT2D eigenvalue weighted by molar-refractivity contribution is -0.119. The number of amides is 1. The lowest BCUT2D eigenvalue weighted by atomic mass is 10.2. The van der Waals surface area contributed by atoms with Gasteiger partial charge in [-0.05, 0) is 25.1 Å². The van der Waals surface area contributed by atoms with Crippen LogP contribution in [-0.4, -0.2) is 43.2 Å². The fourth-order valence-electron chi connectivity index (χ4n) is 2.00. The van der Waals surface area contributed by atoms with Crippen LogP contribution in [-0.2, 0) is 9.53 Å². The third-order valence-electron chi connectivity index (χ3n) is 3.02. The van der Waals surface area contributed by atoms with Crippen molar-refractivity contribution in [3.8, 4) is 0 Å². The molecule has 1 aliphatic rings. The highest BCUT2D eigenvalue weighted by atomic mass is 16.5. The molecule has 3 N–H and O–H groups in total. The van der Waals surface area contributed by atoms with E-state index in [1.165, 1.54) is 0 Å². The zero-order valence-corrected chi connectivity index (χ0v) is 10.6. The van der Waals surface area contributed by atoms with E-state index in [0.29, 0.717) is 25.4 Å². The summed E-state index contributed by atoms with van der Waals surface area (Å²) in [6.45, 7) is 4.62. The fraction of sp³-hybridized carbons (Fsp3) is 0.462. The molecule has 1 saturated heterocycles. The van der Waals surface area contributed by atoms with Gasteiger partial charge in [0.05, 0.1) is 19.8 Å². The average Bonchev–Trinajstić information content (AvgIpc) is 2.32. The monoisotopic (exact) mass is 249 g/mol. The zero-order chi connectivity index (χ0) is 13.0. The Bertz CT molecular complexity index is 422. The molecule has 1 atom stereocenters. The van der Waals surface area contributed by atoms with Crippen LogP contribution in [0.15, 0.2) is 24.3 Å². The van der Waals surface area contributed by atoms with E-state index in [1.54, 1.807) is 12.1 Å². The number of nitrogen functional groups attached to an aromatic ring is 1. The molecule has 0 aromatic heterocycles. The number of hydrogen-bond donors (Lipinski definition) is 2. The molecule has 98 valence electrons. The largest absolute Gasteiger partial charge is 0.399 e. The zero-order valence-electron chi connectivity index (χ0n) is 10.6. The maximum Gasteiger partial charge on any atom is 0.238 e. The number of morpholine rings is 1. The fourth-order valence-corrected chi connectivity index (χ4v) is 2.00. The molecule has 1 fully saturated rings. The van der Waals surface area contributed by atoms with Gasteiger partial charge in [0.15, 0.2) is 0 Å². The van der Waals surface area contributed by atoms with Gasteiger partial charge in [-0.1, -0.05) is 6.07 Å². The highest BCUT2D eigenvalue weighted by Crippen LogP contribution is 2.12. The number of anilines is 2. The number of benzene rings is 1. The lowest BCUT2D eigenvalue weighted by Crippen LogP contribution is -2.47. The number of carbonyl (C=O) groups is 1. The van der Waals surface area contributed by atoms with Crippen molar-refractivity contribution in [2.45, 2.75) is 13.0 Å². The number of hydrogen-bond acceptors (Lipinski definition) is 4. The molecule has 1 heterocycles. The summed E-state index contributed by atoms with van der Waals surface area (Å²) in [6.07, 6.45) is 0. The van der Waals surface area contributed by atoms with Crippen molar-refractivity contribution in [2.24, 2.45) is 0 Å². The van der Waals surface area contributed by atoms with Gasteiger partial charge in [0, 0.05) is 24.0 Å². The van der Waals surface area contributed by atoms with Gasteiger partial charge in [0.25, 0.3) is 0 Å². The standard InChI is InChI=1S/C13H19N3O2/c1-10-9-18-6-5-16(10)8-13(17)15-12-4-2-3-11(14)7-12/h2-4,7,10H,5-6,8-9,14H2,1H3,(H,15,17). The highest BCUT2D eigenvalue weighted by Gasteiger charge is 2.20. The van der Waals surface area contributed by atoms with E-state index in [1.807, 2.05) is 12.1 Å². The van der Waals surface area contributed by atoms with Gasteiger partial charge < -0.3 is 15.8 Å². The summed E-state index contributed by atoms with van der Waals surface area (Å²) in [7, 11) is 0. The number of nitrogens with two attached hydrogens (primary N) is 1. The summed E-state index contributed by atoms with van der Waals surface area (Å²) in [5.74, 6) is -0.0191. The van der Waals surface area contributed by atoms with E-state index in [0.717, 1.165) is 12.2 Å². The Labute approximate surface area is 107 Å². The predicted octanol–water partition coefficient (Wildman–Crippen LogP) is 0.928. The predicted molar refractivity (Wildman–Crippen MR) is 71.3 cm³/mol. The maximum atomic E-state index is 11.9. The summed E-state index contributed by atoms with van der Waals surface area (Å²) in [6, 6.07) is 7.48. The van der Waals surface area contributed by atoms with E-state index in [2.05, 4.69) is 17.1 Å². The number of carbonyl (C=O) groups excluding carboxylic acids is 1. The molecule has 1 unspecified atom stereocenters. The van der Waals surface area contributed by atoms with Crippen molar-refractivity contribution >= 4 is 17.3 Å². The van der Waals surface area contributed by atoms with Crippen LogP contribution in [0.4, 0.5) is 11.4 Å². The van der Waals surface area contributed by atoms with Crippen molar-refractivity contribution in [3.63, 3.8) is 0 Å². The number of nitrogens with zero attached hydrogens (tertiary/aromatic N) is 1. The molecular formula is C13H19N3O2. The minimum absolute atomic E-state index is 0.0191. The summed E-state index contributed by atoms with van der Waals surface area (Å²) < 4.78 is 5.34. The second-order valence-electron chi connectivity index (χ2n) is 4.57. The smallest absolute Gasteiger partial charge is 0.238 e. The molecule has 0 aliphatic carbocycles. The first-order valence-corrected chi connectivity index (χ1v) is 6.12. The van der Waals surface area contributed by atoms with Gasteiger partial charge in [-0.2, -0.15) is 0 Å². The molecule has 2 rings (SSSR count). The van der Waals surface area contributed by atoms with E-state index in [-0.39, 0.29) is 11.9 Å². The van der Waals surface area contributed by atoms with Crippen LogP contribution >= 0.6 is 0 Å². The van der Waals surface area contributed by atoms with Crippen molar-refractivity contribution in [1.82, 2.24) is 4.90 Å². The molecular weight excluding hydrogens is 230 g/mol. The molecule has 5 heteroatoms. The Morgan fingerprint density at radius 2 is 2.44 bits per heavy atom. The topological polar surface area (TPSA) is 67.6 Å². The summed E-state index contributed by atoms with van der Waals surface area (Å²) in [4.78, 5) is 14.0. The lowest BCUT2D eigenvalue weighted by Gasteiger charge is -2.32. The average molecular weight is 249 g/mol. The number of rotatable bonds is 3. The number of ether oxygens (including phenoxy) is 1. The van der Waals surface area contributed by atoms with Crippen molar-refractivity contribution in [1.29, 1.82) is 0 Å². The Kier molecular flexibility index (Phi) is 4.17. The Hall–Kier alpha value is -1.59. The van der Waals surface area contributed by atoms with Gasteiger partial charge >= 0.3 is 0 Å². The van der Waals surface area contributed by atoms with Crippen LogP contribution in [0.25, 0.3) is 0 Å². The van der Waals surface area contributed by atoms with Gasteiger partial charge in [-0.15, -0.1) is 0 Å². The Balaban J connectivity index is 1.88. The van der Waals surface area contributed by atoms with Gasteiger partial charge in [0.1, 0.15) is 0 Å². The van der Waals surface area contributed by atoms with Gasteiger partial charge in [-0.3, -0.25) is 9.69 Å². The first kappa shape index (κ1) is 12.9. The summed E-state index contributed by atoms with van der Waals surface area (Å²) in [5, 5.41) is 2.85. The van der Waals surface area contributed by atoms with E-state index in [9.17, 15) is 4.79 Å². The molecule has 0 spiro atoms. The van der Waals surface area contributed by atoms with Crippen LogP contribution in [0, 0.1) is 0 Å². The molecule has 0 saturated carbocycles. The Morgan fingerprint density at radius 3 is 3.17 bits per heavy atom. The summed E-state index contributed by atoms with van der Waals surface area (Å²) >= 11 is 0. The van der Waals surface area contributed by atoms with Crippen LogP contribution in [0.2, 0.25) is 0 Å². The molecule has 1 aromatic carbocycles. The van der Waals surface area contributed by atoms with Crippen molar-refractivity contribution < 1.29 is 9.53 Å². The molecule has 18 heavy (non-hydrogen) atoms. The molecule has 5 nitrogen and oxygen atoms in total. The summed E-state index contributed by atoms with van der Waals surface area (Å²) in [5.41, 5.74) is 7.05. The first-order valence-electron chi connectivity index (χ1n) is 6.12. The van der Waals surface area contributed by atoms with Crippen molar-refractivity contribution in [3.05, 3.63) is 24.3 Å². The second kappa shape index (κ2) is 5.84. The van der Waals surface area contributed by atoms with Gasteiger partial charge in [-0.25, -0.2) is 0 Å². The first-order chi connectivity index (χ1) is 8.65. The van der Waals surface area contributed by atoms with Crippen LogP contribution < -0.4 is 11.1 Å². The third-order valence-corrected chi connectivity index (χ3v) is 3.02. The SMILES string of the molecule is CC1COCCN1CC(=O)Nc1cccc(N)c1. The van der Waals surface area contributed by atoms with Crippen LogP contribution in [0.1, 0.15) is 6.92 Å². The second-order valence-corrected chi connectivity index (χ2v) is 4.57. The normalized spacial score (nSPS) is 20.6. The Morgan fingerprint density at radius 1 is 1.61 bits per heavy atom.